The van der Waals surface area contributed by atoms with Crippen molar-refractivity contribution in [3.8, 4) is 11.5 Å². The zero-order valence-electron chi connectivity index (χ0n) is 21.6. The molecule has 10 nitrogen and oxygen atoms in total. The number of phosphoric ester groups is 1. The fourth-order valence-corrected chi connectivity index (χ4v) is 4.49. The van der Waals surface area contributed by atoms with Crippen molar-refractivity contribution >= 4 is 24.6 Å². The Kier molecular flexibility index (Phi) is 13.4. The number of unbranched alkanes of at least 4 members (excludes halogenated alkanes) is 2. The number of carboxylic acids is 1. The van der Waals surface area contributed by atoms with E-state index in [9.17, 15) is 14.3 Å². The van der Waals surface area contributed by atoms with E-state index >= 15 is 0 Å². The Bertz CT molecular complexity index is 993. The number of hydrogen-bond donors (Lipinski definition) is 2. The quantitative estimate of drug-likeness (QED) is 0.170. The van der Waals surface area contributed by atoms with Gasteiger partial charge >= 0.3 is 13.8 Å². The molecule has 36 heavy (non-hydrogen) atoms. The van der Waals surface area contributed by atoms with Gasteiger partial charge in [-0.25, -0.2) is 4.57 Å². The van der Waals surface area contributed by atoms with E-state index in [0.717, 1.165) is 35.1 Å². The topological polar surface area (TPSA) is 142 Å². The van der Waals surface area contributed by atoms with Crippen molar-refractivity contribution in [2.45, 2.75) is 45.1 Å². The summed E-state index contributed by atoms with van der Waals surface area (Å²) in [6.07, 6.45) is 1.82. The highest BCUT2D eigenvalue weighted by Crippen LogP contribution is 2.45. The van der Waals surface area contributed by atoms with Crippen LogP contribution in [0.4, 0.5) is 0 Å². The van der Waals surface area contributed by atoms with Crippen LogP contribution in [0.5, 0.6) is 11.5 Å². The maximum Gasteiger partial charge on any atom is 0.472 e. The minimum absolute atomic E-state index is 0. The molecule has 0 spiro atoms. The zero-order valence-corrected chi connectivity index (χ0v) is 22.5. The van der Waals surface area contributed by atoms with Crippen molar-refractivity contribution in [2.75, 3.05) is 47.5 Å². The number of carboxylic acid groups (broad SMARTS) is 1. The average Bonchev–Trinajstić information content (AvgIpc) is 2.74. The minimum atomic E-state index is -4.38. The van der Waals surface area contributed by atoms with Gasteiger partial charge in [-0.1, -0.05) is 37.6 Å². The number of benzene rings is 2. The van der Waals surface area contributed by atoms with Crippen molar-refractivity contribution in [2.24, 2.45) is 0 Å². The predicted octanol–water partition coefficient (Wildman–Crippen LogP) is 4.68. The molecule has 204 valence electrons. The van der Waals surface area contributed by atoms with Crippen LogP contribution in [0.3, 0.4) is 0 Å². The van der Waals surface area contributed by atoms with Crippen molar-refractivity contribution in [3.05, 3.63) is 36.4 Å². The standard InChI is InChI=1S/C25H38NO8P.H2O/c1-5-6-15-31-23-13-9-12-22-21(23)11-10-14-24(22)32-16-7-8-17-33-35(29,30)34-20(18-25(27)28)19-26(2,3)4;/h9-14,20H,5-8,15-19H2,1-4H3,(H-,27,28,29,30);1H2/t20-;/m1./s1. The summed E-state index contributed by atoms with van der Waals surface area (Å²) in [5.41, 5.74) is 0. The van der Waals surface area contributed by atoms with Crippen molar-refractivity contribution in [1.29, 1.82) is 0 Å². The van der Waals surface area contributed by atoms with Gasteiger partial charge in [0.25, 0.3) is 0 Å². The summed E-state index contributed by atoms with van der Waals surface area (Å²) in [5.74, 6) is 0.478. The minimum Gasteiger partial charge on any atom is -0.870 e. The predicted molar refractivity (Wildman–Crippen MR) is 137 cm³/mol. The van der Waals surface area contributed by atoms with Crippen LogP contribution in [0.1, 0.15) is 39.0 Å². The highest BCUT2D eigenvalue weighted by Gasteiger charge is 2.31. The zero-order chi connectivity index (χ0) is 25.9. The van der Waals surface area contributed by atoms with Gasteiger partial charge in [0.2, 0.25) is 0 Å². The number of nitrogens with zero attached hydrogens (tertiary/aromatic N) is 1. The molecule has 0 bridgehead atoms. The molecule has 11 heteroatoms. The van der Waals surface area contributed by atoms with E-state index in [4.69, 9.17) is 23.6 Å². The van der Waals surface area contributed by atoms with Gasteiger partial charge < -0.3 is 29.4 Å². The van der Waals surface area contributed by atoms with E-state index in [2.05, 4.69) is 6.92 Å². The lowest BCUT2D eigenvalue weighted by Gasteiger charge is -2.29. The number of quaternary nitrogens is 1. The molecule has 0 aromatic heterocycles. The van der Waals surface area contributed by atoms with Crippen LogP contribution in [-0.2, 0) is 18.4 Å². The van der Waals surface area contributed by atoms with Gasteiger partial charge in [0.1, 0.15) is 24.1 Å². The molecule has 0 fully saturated rings. The van der Waals surface area contributed by atoms with Crippen LogP contribution in [0.2, 0.25) is 0 Å². The van der Waals surface area contributed by atoms with Crippen LogP contribution in [0, 0.1) is 0 Å². The SMILES string of the molecule is CCCCOc1cccc2c(OCCCCOP(=O)(O)O[C@H](CC(=O)O)C[N+](C)(C)C)cccc12.[OH-]. The first kappa shape index (κ1) is 31.8. The molecule has 0 saturated heterocycles. The summed E-state index contributed by atoms with van der Waals surface area (Å²) in [7, 11) is 1.16. The molecule has 0 aliphatic carbocycles. The second-order valence-corrected chi connectivity index (χ2v) is 10.9. The lowest BCUT2D eigenvalue weighted by Crippen LogP contribution is -2.42. The molecule has 2 atom stereocenters. The van der Waals surface area contributed by atoms with Crippen molar-refractivity contribution in [1.82, 2.24) is 0 Å². The highest BCUT2D eigenvalue weighted by atomic mass is 31.2. The molecule has 2 aromatic carbocycles. The maximum absolute atomic E-state index is 12.3. The summed E-state index contributed by atoms with van der Waals surface area (Å²) < 4.78 is 34.7. The van der Waals surface area contributed by atoms with E-state index in [-0.39, 0.29) is 25.0 Å². The molecule has 2 aromatic rings. The van der Waals surface area contributed by atoms with Crippen molar-refractivity contribution < 1.29 is 47.8 Å². The second-order valence-electron chi connectivity index (χ2n) is 9.46. The van der Waals surface area contributed by atoms with Gasteiger partial charge in [-0.15, -0.1) is 0 Å². The summed E-state index contributed by atoms with van der Waals surface area (Å²) in [4.78, 5) is 21.1. The molecular weight excluding hydrogens is 489 g/mol. The van der Waals surface area contributed by atoms with Crippen LogP contribution in [0.15, 0.2) is 36.4 Å². The van der Waals surface area contributed by atoms with Gasteiger partial charge in [-0.3, -0.25) is 13.8 Å². The van der Waals surface area contributed by atoms with Crippen LogP contribution < -0.4 is 9.47 Å². The van der Waals surface area contributed by atoms with E-state index < -0.39 is 19.9 Å². The lowest BCUT2D eigenvalue weighted by atomic mass is 10.1. The third-order valence-corrected chi connectivity index (χ3v) is 6.16. The van der Waals surface area contributed by atoms with E-state index in [1.807, 2.05) is 57.5 Å². The Balaban J connectivity index is 0.00000648. The Labute approximate surface area is 213 Å². The molecule has 0 saturated carbocycles. The smallest absolute Gasteiger partial charge is 0.472 e. The highest BCUT2D eigenvalue weighted by molar-refractivity contribution is 7.47. The largest absolute Gasteiger partial charge is 0.870 e. The van der Waals surface area contributed by atoms with Gasteiger partial charge in [0.15, 0.2) is 0 Å². The van der Waals surface area contributed by atoms with Gasteiger partial charge in [0.05, 0.1) is 47.4 Å². The molecule has 0 aliphatic rings. The average molecular weight is 530 g/mol. The molecular formula is C25H40NO9P. The molecule has 0 radical (unpaired) electrons. The van der Waals surface area contributed by atoms with Crippen LogP contribution in [0.25, 0.3) is 10.8 Å². The molecule has 0 amide bonds. The van der Waals surface area contributed by atoms with Gasteiger partial charge in [-0.05, 0) is 31.4 Å². The summed E-state index contributed by atoms with van der Waals surface area (Å²) in [6, 6.07) is 11.7. The summed E-state index contributed by atoms with van der Waals surface area (Å²) in [5, 5.41) is 11.0. The lowest BCUT2D eigenvalue weighted by molar-refractivity contribution is -0.873. The van der Waals surface area contributed by atoms with Crippen LogP contribution in [-0.4, -0.2) is 79.5 Å². The fraction of sp³-hybridized carbons (Fsp3) is 0.560. The van der Waals surface area contributed by atoms with E-state index in [1.165, 1.54) is 0 Å². The first-order valence-electron chi connectivity index (χ1n) is 12.0. The second kappa shape index (κ2) is 15.1. The normalized spacial score (nSPS) is 14.0. The molecule has 0 aliphatic heterocycles. The number of likely N-dealkylation sites (N-methyl/N-ethyl adjacent to an activating group) is 1. The Morgan fingerprint density at radius 2 is 1.47 bits per heavy atom. The first-order chi connectivity index (χ1) is 16.5. The number of rotatable bonds is 17. The molecule has 0 heterocycles. The number of hydrogen-bond acceptors (Lipinski definition) is 7. The Hall–Kier alpha value is -2.20. The monoisotopic (exact) mass is 529 g/mol. The van der Waals surface area contributed by atoms with Crippen molar-refractivity contribution in [3.63, 3.8) is 0 Å². The molecule has 2 rings (SSSR count). The Morgan fingerprint density at radius 3 is 1.97 bits per heavy atom. The van der Waals surface area contributed by atoms with E-state index in [0.29, 0.717) is 30.5 Å². The molecule has 3 N–H and O–H groups in total. The number of ether oxygens (including phenoxy) is 2. The van der Waals surface area contributed by atoms with E-state index in [1.54, 1.807) is 0 Å². The number of phosphoric acid groups is 1. The number of fused-ring (bicyclic) bond motifs is 1. The summed E-state index contributed by atoms with van der Waals surface area (Å²) >= 11 is 0. The first-order valence-corrected chi connectivity index (χ1v) is 13.5. The van der Waals surface area contributed by atoms with Gasteiger partial charge in [-0.2, -0.15) is 0 Å². The fourth-order valence-electron chi connectivity index (χ4n) is 3.56. The number of carbonyl (C=O) groups is 1. The number of aliphatic carboxylic acids is 1. The third kappa shape index (κ3) is 11.7. The molecule has 1 unspecified atom stereocenters. The maximum atomic E-state index is 12.3. The Morgan fingerprint density at radius 1 is 0.944 bits per heavy atom. The van der Waals surface area contributed by atoms with Crippen LogP contribution >= 0.6 is 7.82 Å². The summed E-state index contributed by atoms with van der Waals surface area (Å²) in [6.45, 7) is 3.45. The van der Waals surface area contributed by atoms with Gasteiger partial charge in [0, 0.05) is 10.8 Å². The third-order valence-electron chi connectivity index (χ3n) is 5.08.